The maximum Gasteiger partial charge on any atom is 0.249 e. The Morgan fingerprint density at radius 2 is 2.06 bits per heavy atom. The van der Waals surface area contributed by atoms with E-state index in [9.17, 15) is 19.5 Å². The van der Waals surface area contributed by atoms with Crippen LogP contribution in [0.3, 0.4) is 0 Å². The summed E-state index contributed by atoms with van der Waals surface area (Å²) in [6, 6.07) is 4.37. The van der Waals surface area contributed by atoms with Crippen LogP contribution >= 0.6 is 0 Å². The molecule has 1 rings (SSSR count). The van der Waals surface area contributed by atoms with E-state index in [1.807, 2.05) is 0 Å². The van der Waals surface area contributed by atoms with Crippen molar-refractivity contribution in [1.29, 1.82) is 0 Å². The number of carbonyl (C=O) groups excluding carboxylic acids is 3. The maximum atomic E-state index is 11.6. The zero-order valence-corrected chi connectivity index (χ0v) is 9.89. The average molecular weight is 249 g/mol. The van der Waals surface area contributed by atoms with Crippen LogP contribution in [0, 0.1) is 0 Å². The van der Waals surface area contributed by atoms with E-state index in [0.717, 1.165) is 6.29 Å². The van der Waals surface area contributed by atoms with Gasteiger partial charge in [-0.2, -0.15) is 0 Å². The second-order valence-corrected chi connectivity index (χ2v) is 3.94. The van der Waals surface area contributed by atoms with Crippen LogP contribution < -0.4 is 5.73 Å². The maximum absolute atomic E-state index is 11.6. The Balaban J connectivity index is 2.80. The number of Topliss-reactive ketones (excluding diaryl/α,β-unsaturated/α-hetero) is 1. The number of primary amides is 1. The highest BCUT2D eigenvalue weighted by molar-refractivity contribution is 5.96. The first-order valence-electron chi connectivity index (χ1n) is 5.62. The molecule has 96 valence electrons. The summed E-state index contributed by atoms with van der Waals surface area (Å²) in [6.45, 7) is 0. The molecule has 1 aromatic carbocycles. The Bertz CT molecular complexity index is 468. The van der Waals surface area contributed by atoms with Crippen molar-refractivity contribution in [3.8, 4) is 5.75 Å². The van der Waals surface area contributed by atoms with Crippen LogP contribution in [-0.2, 0) is 16.0 Å². The monoisotopic (exact) mass is 249 g/mol. The number of hydrogen-bond donors (Lipinski definition) is 2. The SMILES string of the molecule is NC(=O)c1cccc(O)c1CC(=O)CCCC=O. The molecule has 0 saturated carbocycles. The topological polar surface area (TPSA) is 97.5 Å². The number of phenolic OH excluding ortho intramolecular Hbond substituents is 1. The molecule has 5 heteroatoms. The molecule has 0 radical (unpaired) electrons. The van der Waals surface area contributed by atoms with Gasteiger partial charge in [-0.3, -0.25) is 9.59 Å². The van der Waals surface area contributed by atoms with Crippen molar-refractivity contribution in [1.82, 2.24) is 0 Å². The number of carbonyl (C=O) groups is 3. The van der Waals surface area contributed by atoms with Crippen LogP contribution in [0.5, 0.6) is 5.75 Å². The number of rotatable bonds is 7. The van der Waals surface area contributed by atoms with Crippen molar-refractivity contribution in [2.45, 2.75) is 25.7 Å². The molecule has 1 amide bonds. The number of phenols is 1. The highest BCUT2D eigenvalue weighted by atomic mass is 16.3. The first-order chi connectivity index (χ1) is 8.56. The predicted octanol–water partition coefficient (Wildman–Crippen LogP) is 0.972. The van der Waals surface area contributed by atoms with Gasteiger partial charge in [0.25, 0.3) is 0 Å². The second kappa shape index (κ2) is 6.54. The van der Waals surface area contributed by atoms with E-state index in [-0.39, 0.29) is 35.5 Å². The van der Waals surface area contributed by atoms with E-state index < -0.39 is 5.91 Å². The summed E-state index contributed by atoms with van der Waals surface area (Å²) < 4.78 is 0. The summed E-state index contributed by atoms with van der Waals surface area (Å²) >= 11 is 0. The first kappa shape index (κ1) is 13.9. The van der Waals surface area contributed by atoms with Crippen LogP contribution in [0.2, 0.25) is 0 Å². The molecular formula is C13H15NO4. The number of benzene rings is 1. The third-order valence-electron chi connectivity index (χ3n) is 2.57. The summed E-state index contributed by atoms with van der Waals surface area (Å²) in [5.74, 6) is -0.933. The molecular weight excluding hydrogens is 234 g/mol. The molecule has 0 aromatic heterocycles. The van der Waals surface area contributed by atoms with Gasteiger partial charge in [0, 0.05) is 30.4 Å². The van der Waals surface area contributed by atoms with Gasteiger partial charge in [-0.05, 0) is 18.6 Å². The lowest BCUT2D eigenvalue weighted by molar-refractivity contribution is -0.118. The number of hydrogen-bond acceptors (Lipinski definition) is 4. The highest BCUT2D eigenvalue weighted by Crippen LogP contribution is 2.22. The summed E-state index contributed by atoms with van der Waals surface area (Å²) in [6.07, 6.45) is 1.74. The van der Waals surface area contributed by atoms with Gasteiger partial charge in [0.15, 0.2) is 0 Å². The van der Waals surface area contributed by atoms with E-state index >= 15 is 0 Å². The molecule has 5 nitrogen and oxygen atoms in total. The lowest BCUT2D eigenvalue weighted by atomic mass is 9.98. The van der Waals surface area contributed by atoms with Gasteiger partial charge < -0.3 is 15.6 Å². The minimum atomic E-state index is -0.679. The highest BCUT2D eigenvalue weighted by Gasteiger charge is 2.15. The van der Waals surface area contributed by atoms with Crippen molar-refractivity contribution in [2.24, 2.45) is 5.73 Å². The molecule has 0 aliphatic heterocycles. The van der Waals surface area contributed by atoms with Crippen LogP contribution in [0.4, 0.5) is 0 Å². The zero-order valence-electron chi connectivity index (χ0n) is 9.89. The second-order valence-electron chi connectivity index (χ2n) is 3.94. The molecule has 0 heterocycles. The fourth-order valence-electron chi connectivity index (χ4n) is 1.66. The van der Waals surface area contributed by atoms with E-state index in [4.69, 9.17) is 5.73 Å². The van der Waals surface area contributed by atoms with E-state index in [1.54, 1.807) is 0 Å². The molecule has 0 spiro atoms. The minimum absolute atomic E-state index is 0.0518. The molecule has 0 saturated heterocycles. The number of amides is 1. The van der Waals surface area contributed by atoms with Crippen LogP contribution in [0.25, 0.3) is 0 Å². The fourth-order valence-corrected chi connectivity index (χ4v) is 1.66. The number of aromatic hydroxyl groups is 1. The number of aldehydes is 1. The number of ketones is 1. The molecule has 0 aliphatic carbocycles. The summed E-state index contributed by atoms with van der Waals surface area (Å²) in [5.41, 5.74) is 5.58. The fraction of sp³-hybridized carbons (Fsp3) is 0.308. The predicted molar refractivity (Wildman–Crippen MR) is 65.3 cm³/mol. The Kier molecular flexibility index (Phi) is 5.05. The van der Waals surface area contributed by atoms with E-state index in [0.29, 0.717) is 12.8 Å². The molecule has 18 heavy (non-hydrogen) atoms. The molecule has 0 bridgehead atoms. The number of unbranched alkanes of at least 4 members (excludes halogenated alkanes) is 1. The van der Waals surface area contributed by atoms with E-state index in [1.165, 1.54) is 18.2 Å². The molecule has 0 atom stereocenters. The minimum Gasteiger partial charge on any atom is -0.508 e. The molecule has 0 aliphatic rings. The van der Waals surface area contributed by atoms with Crippen molar-refractivity contribution in [3.63, 3.8) is 0 Å². The third-order valence-corrected chi connectivity index (χ3v) is 2.57. The molecule has 0 unspecified atom stereocenters. The third kappa shape index (κ3) is 3.69. The Morgan fingerprint density at radius 3 is 2.67 bits per heavy atom. The molecule has 1 aromatic rings. The lowest BCUT2D eigenvalue weighted by Gasteiger charge is -2.08. The van der Waals surface area contributed by atoms with Crippen LogP contribution in [0.1, 0.15) is 35.2 Å². The van der Waals surface area contributed by atoms with Gasteiger partial charge in [0.2, 0.25) is 5.91 Å². The van der Waals surface area contributed by atoms with Crippen molar-refractivity contribution in [2.75, 3.05) is 0 Å². The van der Waals surface area contributed by atoms with E-state index in [2.05, 4.69) is 0 Å². The Hall–Kier alpha value is -2.17. The van der Waals surface area contributed by atoms with Crippen LogP contribution in [-0.4, -0.2) is 23.1 Å². The summed E-state index contributed by atoms with van der Waals surface area (Å²) in [4.78, 5) is 32.9. The van der Waals surface area contributed by atoms with Crippen molar-refractivity contribution in [3.05, 3.63) is 29.3 Å². The normalized spacial score (nSPS) is 10.0. The Labute approximate surface area is 105 Å². The van der Waals surface area contributed by atoms with Gasteiger partial charge in [-0.1, -0.05) is 6.07 Å². The molecule has 3 N–H and O–H groups in total. The van der Waals surface area contributed by atoms with Gasteiger partial charge in [-0.15, -0.1) is 0 Å². The van der Waals surface area contributed by atoms with Gasteiger partial charge in [0.1, 0.15) is 17.8 Å². The van der Waals surface area contributed by atoms with Gasteiger partial charge in [-0.25, -0.2) is 0 Å². The van der Waals surface area contributed by atoms with Gasteiger partial charge in [0.05, 0.1) is 0 Å². The zero-order chi connectivity index (χ0) is 13.5. The van der Waals surface area contributed by atoms with Crippen LogP contribution in [0.15, 0.2) is 18.2 Å². The standard InChI is InChI=1S/C13H15NO4/c14-13(18)10-5-3-6-12(17)11(10)8-9(16)4-1-2-7-15/h3,5-7,17H,1-2,4,8H2,(H2,14,18). The summed E-state index contributed by atoms with van der Waals surface area (Å²) in [7, 11) is 0. The average Bonchev–Trinajstić information content (AvgIpc) is 2.31. The largest absolute Gasteiger partial charge is 0.508 e. The Morgan fingerprint density at radius 1 is 1.33 bits per heavy atom. The number of nitrogens with two attached hydrogens (primary N) is 1. The van der Waals surface area contributed by atoms with Gasteiger partial charge >= 0.3 is 0 Å². The lowest BCUT2D eigenvalue weighted by Crippen LogP contribution is -2.15. The van der Waals surface area contributed by atoms with Crippen molar-refractivity contribution < 1.29 is 19.5 Å². The smallest absolute Gasteiger partial charge is 0.249 e. The molecule has 0 fully saturated rings. The van der Waals surface area contributed by atoms with Crippen molar-refractivity contribution >= 4 is 18.0 Å². The first-order valence-corrected chi connectivity index (χ1v) is 5.62. The summed E-state index contributed by atoms with van der Waals surface area (Å²) in [5, 5.41) is 9.64. The quantitative estimate of drug-likeness (QED) is 0.555.